The van der Waals surface area contributed by atoms with Crippen LogP contribution in [-0.2, 0) is 76.9 Å². The first-order valence-electron chi connectivity index (χ1n) is 23.2. The molecular formula is C46H55N19O9. The maximum absolute atomic E-state index is 14.5. The summed E-state index contributed by atoms with van der Waals surface area (Å²) >= 11 is 0. The fourth-order valence-corrected chi connectivity index (χ4v) is 7.92. The van der Waals surface area contributed by atoms with Gasteiger partial charge in [0.25, 0.3) is 0 Å². The predicted octanol–water partition coefficient (Wildman–Crippen LogP) is -2.87. The molecule has 0 aliphatic carbocycles. The lowest BCUT2D eigenvalue weighted by molar-refractivity contribution is -0.142. The van der Waals surface area contributed by atoms with Gasteiger partial charge in [-0.3, -0.25) is 33.6 Å². The molecule has 28 heteroatoms. The van der Waals surface area contributed by atoms with Gasteiger partial charge in [0.05, 0.1) is 66.1 Å². The SMILES string of the molecule is NC(=O)CC[C@H](NC(=O)[C@H](Cc1c[nH]cn1)NC(=O)[C@H](Cc1c[nH]cn1)NC(=O)[C@H](Cc1c[nH]cn1)NC(=O)[C@H](Cc1c[nH]cn1)NC(=O)[C@@H](N)Cc1c[nH]cn1)C(=O)N[C@@H](Cc1c[nH]c2ccccc12)C(=O)O. The van der Waals surface area contributed by atoms with Crippen LogP contribution in [0.3, 0.4) is 0 Å². The van der Waals surface area contributed by atoms with E-state index in [-0.39, 0.29) is 44.9 Å². The average molecular weight is 1020 g/mol. The largest absolute Gasteiger partial charge is 0.480 e. The minimum absolute atomic E-state index is 0.0471. The highest BCUT2D eigenvalue weighted by Gasteiger charge is 2.35. The average Bonchev–Trinajstić information content (AvgIpc) is 4.24. The van der Waals surface area contributed by atoms with Crippen LogP contribution in [0.2, 0.25) is 0 Å². The molecule has 7 atom stereocenters. The normalized spacial score (nSPS) is 14.1. The number of hydrogen-bond acceptors (Lipinski definition) is 14. The van der Waals surface area contributed by atoms with Crippen LogP contribution in [0.4, 0.5) is 0 Å². The number of amides is 7. The Morgan fingerprint density at radius 1 is 0.473 bits per heavy atom. The highest BCUT2D eigenvalue weighted by molar-refractivity contribution is 5.97. The number of rotatable bonds is 28. The molecule has 7 rings (SSSR count). The summed E-state index contributed by atoms with van der Waals surface area (Å²) in [6.45, 7) is 0. The predicted molar refractivity (Wildman–Crippen MR) is 259 cm³/mol. The summed E-state index contributed by atoms with van der Waals surface area (Å²) in [5, 5.41) is 26.6. The number of primary amides is 1. The maximum atomic E-state index is 14.5. The summed E-state index contributed by atoms with van der Waals surface area (Å²) < 4.78 is 0. The summed E-state index contributed by atoms with van der Waals surface area (Å²) in [7, 11) is 0. The fourth-order valence-electron chi connectivity index (χ4n) is 7.92. The van der Waals surface area contributed by atoms with Gasteiger partial charge < -0.3 is 78.4 Å². The van der Waals surface area contributed by atoms with Crippen LogP contribution in [0.5, 0.6) is 0 Å². The molecule has 1 aromatic carbocycles. The van der Waals surface area contributed by atoms with Crippen LogP contribution >= 0.6 is 0 Å². The van der Waals surface area contributed by atoms with E-state index in [1.807, 2.05) is 6.07 Å². The van der Waals surface area contributed by atoms with Crippen LogP contribution in [0.1, 0.15) is 46.9 Å². The number of para-hydroxylation sites is 1. The van der Waals surface area contributed by atoms with Gasteiger partial charge in [-0.1, -0.05) is 18.2 Å². The minimum atomic E-state index is -1.53. The van der Waals surface area contributed by atoms with Gasteiger partial charge in [0.2, 0.25) is 41.4 Å². The van der Waals surface area contributed by atoms with Gasteiger partial charge in [0, 0.05) is 93.0 Å². The van der Waals surface area contributed by atoms with Gasteiger partial charge in [0.1, 0.15) is 36.3 Å². The van der Waals surface area contributed by atoms with Crippen LogP contribution in [0.15, 0.2) is 93.1 Å². The van der Waals surface area contributed by atoms with Gasteiger partial charge in [-0.05, 0) is 18.1 Å². The molecule has 17 N–H and O–H groups in total. The number of carboxylic acids is 1. The topological polar surface area (TPSA) is 440 Å². The molecule has 0 radical (unpaired) electrons. The Kier molecular flexibility index (Phi) is 17.7. The summed E-state index contributed by atoms with van der Waals surface area (Å²) in [5.74, 6) is -7.37. The van der Waals surface area contributed by atoms with Crippen molar-refractivity contribution >= 4 is 58.2 Å². The highest BCUT2D eigenvalue weighted by Crippen LogP contribution is 2.19. The monoisotopic (exact) mass is 1020 g/mol. The van der Waals surface area contributed by atoms with E-state index < -0.39 is 96.0 Å². The number of carboxylic acid groups (broad SMARTS) is 1. The van der Waals surface area contributed by atoms with Crippen molar-refractivity contribution in [2.24, 2.45) is 11.5 Å². The molecule has 388 valence electrons. The Labute approximate surface area is 419 Å². The minimum Gasteiger partial charge on any atom is -0.480 e. The van der Waals surface area contributed by atoms with E-state index in [9.17, 15) is 43.5 Å². The second-order valence-corrected chi connectivity index (χ2v) is 17.2. The van der Waals surface area contributed by atoms with Crippen molar-refractivity contribution in [3.05, 3.63) is 127 Å². The Morgan fingerprint density at radius 2 is 0.838 bits per heavy atom. The summed E-state index contributed by atoms with van der Waals surface area (Å²) in [5.41, 5.74) is 14.8. The number of carbonyl (C=O) groups excluding carboxylic acids is 7. The van der Waals surface area contributed by atoms with E-state index in [0.717, 1.165) is 10.9 Å². The molecule has 7 amide bonds. The zero-order valence-electron chi connectivity index (χ0n) is 39.5. The van der Waals surface area contributed by atoms with Crippen molar-refractivity contribution in [3.63, 3.8) is 0 Å². The van der Waals surface area contributed by atoms with Crippen molar-refractivity contribution < 1.29 is 43.5 Å². The second-order valence-electron chi connectivity index (χ2n) is 17.2. The van der Waals surface area contributed by atoms with Crippen molar-refractivity contribution in [2.75, 3.05) is 0 Å². The maximum Gasteiger partial charge on any atom is 0.326 e. The number of H-pyrrole nitrogens is 6. The first-order chi connectivity index (χ1) is 35.7. The van der Waals surface area contributed by atoms with E-state index in [0.29, 0.717) is 34.0 Å². The molecule has 6 heterocycles. The molecule has 74 heavy (non-hydrogen) atoms. The third-order valence-electron chi connectivity index (χ3n) is 11.8. The molecule has 28 nitrogen and oxygen atoms in total. The van der Waals surface area contributed by atoms with Gasteiger partial charge in [-0.15, -0.1) is 0 Å². The number of aliphatic carboxylic acids is 1. The van der Waals surface area contributed by atoms with Crippen LogP contribution in [-0.4, -0.2) is 150 Å². The molecule has 7 aromatic rings. The molecule has 0 saturated carbocycles. The molecule has 0 fully saturated rings. The first kappa shape index (κ1) is 52.4. The zero-order valence-corrected chi connectivity index (χ0v) is 39.5. The Morgan fingerprint density at radius 3 is 1.23 bits per heavy atom. The standard InChI is InChI=1S/C46H55N19O9/c47-31(8-25-14-49-19-55-25)40(67)61-34(9-26-15-50-20-56-26)43(70)63-36(11-28-17-52-22-58-28)45(72)64-37(12-29-18-53-23-59-29)44(71)62-35(10-27-16-51-21-57-27)42(69)60-33(5-6-39(48)66)41(68)65-38(46(73)74)7-24-13-54-32-4-2-1-3-30(24)32/h1-4,13-23,31,33-38,54H,5-12,47H2,(H2,48,66)(H,49,55)(H,50,56)(H,51,57)(H,52,58)(H,53,59)(H,60,69)(H,61,67)(H,62,71)(H,63,70)(H,64,72)(H,65,68)(H,73,74)/t31-,33-,34-,35-,36-,37-,38-/m0/s1. The number of imidazole rings is 5. The van der Waals surface area contributed by atoms with Gasteiger partial charge >= 0.3 is 5.97 Å². The number of carbonyl (C=O) groups is 8. The quantitative estimate of drug-likeness (QED) is 0.0235. The third kappa shape index (κ3) is 14.8. The Hall–Kier alpha value is -9.47. The molecule has 0 bridgehead atoms. The number of aromatic amines is 6. The van der Waals surface area contributed by atoms with E-state index in [2.05, 4.69) is 86.7 Å². The van der Waals surface area contributed by atoms with E-state index in [1.165, 1.54) is 56.4 Å². The third-order valence-corrected chi connectivity index (χ3v) is 11.8. The van der Waals surface area contributed by atoms with E-state index in [4.69, 9.17) is 11.5 Å². The number of nitrogens with one attached hydrogen (secondary N) is 12. The van der Waals surface area contributed by atoms with Crippen molar-refractivity contribution in [1.82, 2.24) is 86.7 Å². The lowest BCUT2D eigenvalue weighted by atomic mass is 10.0. The number of hydrogen-bond donors (Lipinski definition) is 15. The van der Waals surface area contributed by atoms with Gasteiger partial charge in [-0.2, -0.15) is 0 Å². The van der Waals surface area contributed by atoms with Gasteiger partial charge in [0.15, 0.2) is 0 Å². The number of nitrogens with zero attached hydrogens (tertiary/aromatic N) is 5. The number of nitrogens with two attached hydrogens (primary N) is 2. The number of aromatic nitrogens is 11. The van der Waals surface area contributed by atoms with Crippen molar-refractivity contribution in [1.29, 1.82) is 0 Å². The molecule has 6 aromatic heterocycles. The Balaban J connectivity index is 1.10. The molecule has 0 spiro atoms. The molecule has 0 unspecified atom stereocenters. The molecular weight excluding hydrogens is 963 g/mol. The Bertz CT molecular complexity index is 2960. The molecule has 0 aliphatic rings. The van der Waals surface area contributed by atoms with Crippen molar-refractivity contribution in [3.8, 4) is 0 Å². The van der Waals surface area contributed by atoms with Crippen LogP contribution in [0.25, 0.3) is 10.9 Å². The summed E-state index contributed by atoms with van der Waals surface area (Å²) in [6, 6.07) is -2.68. The van der Waals surface area contributed by atoms with Crippen LogP contribution < -0.4 is 43.4 Å². The first-order valence-corrected chi connectivity index (χ1v) is 23.2. The highest BCUT2D eigenvalue weighted by atomic mass is 16.4. The lowest BCUT2D eigenvalue weighted by Crippen LogP contribution is -2.61. The fraction of sp³-hybridized carbons (Fsp3) is 0.326. The second kappa shape index (κ2) is 25.1. The molecule has 0 aliphatic heterocycles. The van der Waals surface area contributed by atoms with E-state index >= 15 is 0 Å². The lowest BCUT2D eigenvalue weighted by Gasteiger charge is -2.27. The number of benzene rings is 1. The summed E-state index contributed by atoms with van der Waals surface area (Å²) in [4.78, 5) is 147. The molecule has 0 saturated heterocycles. The number of fused-ring (bicyclic) bond motifs is 1. The van der Waals surface area contributed by atoms with Gasteiger partial charge in [-0.25, -0.2) is 29.7 Å². The zero-order chi connectivity index (χ0) is 52.6. The van der Waals surface area contributed by atoms with Crippen molar-refractivity contribution in [2.45, 2.75) is 93.7 Å². The summed E-state index contributed by atoms with van der Waals surface area (Å²) in [6.07, 6.45) is 14.4. The smallest absolute Gasteiger partial charge is 0.326 e. The van der Waals surface area contributed by atoms with Crippen LogP contribution in [0, 0.1) is 0 Å². The van der Waals surface area contributed by atoms with E-state index in [1.54, 1.807) is 30.6 Å².